The zero-order valence-electron chi connectivity index (χ0n) is 6.82. The van der Waals surface area contributed by atoms with Crippen LogP contribution in [-0.2, 0) is 16.6 Å². The first-order valence-corrected chi connectivity index (χ1v) is 3.79. The first-order valence-electron chi connectivity index (χ1n) is 3.35. The van der Waals surface area contributed by atoms with Gasteiger partial charge in [-0.1, -0.05) is 0 Å². The Labute approximate surface area is 75.1 Å². The van der Waals surface area contributed by atoms with Gasteiger partial charge in [-0.15, -0.1) is 11.6 Å². The molecule has 0 amide bonds. The SMILES string of the molecule is COC(=O)C(Cl)c1cnn(C)c1. The van der Waals surface area contributed by atoms with Gasteiger partial charge in [-0.25, -0.2) is 0 Å². The van der Waals surface area contributed by atoms with Crippen molar-refractivity contribution in [2.45, 2.75) is 5.38 Å². The molecule has 0 aliphatic heterocycles. The molecule has 0 aliphatic carbocycles. The minimum atomic E-state index is -0.760. The van der Waals surface area contributed by atoms with Crippen molar-refractivity contribution in [1.29, 1.82) is 0 Å². The van der Waals surface area contributed by atoms with Gasteiger partial charge in [-0.3, -0.25) is 9.48 Å². The first kappa shape index (κ1) is 9.06. The number of esters is 1. The number of halogens is 1. The van der Waals surface area contributed by atoms with Crippen molar-refractivity contribution in [2.75, 3.05) is 7.11 Å². The van der Waals surface area contributed by atoms with Gasteiger partial charge in [0.2, 0.25) is 0 Å². The Morgan fingerprint density at radius 1 is 1.83 bits per heavy atom. The lowest BCUT2D eigenvalue weighted by Crippen LogP contribution is -2.07. The smallest absolute Gasteiger partial charge is 0.328 e. The molecule has 1 rings (SSSR count). The molecule has 1 unspecified atom stereocenters. The molecule has 1 heterocycles. The molecule has 1 aromatic rings. The van der Waals surface area contributed by atoms with Crippen LogP contribution in [0.5, 0.6) is 0 Å². The summed E-state index contributed by atoms with van der Waals surface area (Å²) in [5.41, 5.74) is 0.644. The molecule has 12 heavy (non-hydrogen) atoms. The molecule has 1 atom stereocenters. The number of alkyl halides is 1. The van der Waals surface area contributed by atoms with Gasteiger partial charge in [0.05, 0.1) is 13.3 Å². The van der Waals surface area contributed by atoms with Crippen molar-refractivity contribution in [3.05, 3.63) is 18.0 Å². The fourth-order valence-electron chi connectivity index (χ4n) is 0.811. The number of hydrogen-bond donors (Lipinski definition) is 0. The second kappa shape index (κ2) is 3.58. The second-order valence-corrected chi connectivity index (χ2v) is 2.77. The molecular weight excluding hydrogens is 180 g/mol. The standard InChI is InChI=1S/C7H9ClN2O2/c1-10-4-5(3-9-10)6(8)7(11)12-2/h3-4,6H,1-2H3. The predicted octanol–water partition coefficient (Wildman–Crippen LogP) is 0.873. The summed E-state index contributed by atoms with van der Waals surface area (Å²) in [4.78, 5) is 10.9. The summed E-state index contributed by atoms with van der Waals surface area (Å²) in [5, 5.41) is 3.12. The van der Waals surface area contributed by atoms with E-state index in [9.17, 15) is 4.79 Å². The average Bonchev–Trinajstić information content (AvgIpc) is 2.49. The van der Waals surface area contributed by atoms with Crippen LogP contribution in [0.2, 0.25) is 0 Å². The molecule has 0 spiro atoms. The minimum absolute atomic E-state index is 0.468. The molecule has 0 bridgehead atoms. The Morgan fingerprint density at radius 3 is 2.92 bits per heavy atom. The Hall–Kier alpha value is -1.03. The minimum Gasteiger partial charge on any atom is -0.468 e. The van der Waals surface area contributed by atoms with Crippen LogP contribution >= 0.6 is 11.6 Å². The van der Waals surface area contributed by atoms with E-state index < -0.39 is 11.3 Å². The predicted molar refractivity (Wildman–Crippen MR) is 43.8 cm³/mol. The van der Waals surface area contributed by atoms with Gasteiger partial charge >= 0.3 is 5.97 Å². The van der Waals surface area contributed by atoms with Gasteiger partial charge in [0, 0.05) is 18.8 Å². The topological polar surface area (TPSA) is 44.1 Å². The maximum atomic E-state index is 10.9. The van der Waals surface area contributed by atoms with Crippen molar-refractivity contribution >= 4 is 17.6 Å². The van der Waals surface area contributed by atoms with Gasteiger partial charge in [0.25, 0.3) is 0 Å². The van der Waals surface area contributed by atoms with E-state index in [4.69, 9.17) is 11.6 Å². The lowest BCUT2D eigenvalue weighted by atomic mass is 10.2. The number of carbonyl (C=O) groups excluding carboxylic acids is 1. The van der Waals surface area contributed by atoms with Crippen LogP contribution in [0.3, 0.4) is 0 Å². The summed E-state index contributed by atoms with van der Waals surface area (Å²) in [6.07, 6.45) is 3.21. The zero-order chi connectivity index (χ0) is 9.14. The maximum absolute atomic E-state index is 10.9. The van der Waals surface area contributed by atoms with E-state index in [1.165, 1.54) is 13.3 Å². The molecule has 0 N–H and O–H groups in total. The van der Waals surface area contributed by atoms with Gasteiger partial charge < -0.3 is 4.74 Å². The second-order valence-electron chi connectivity index (χ2n) is 2.33. The highest BCUT2D eigenvalue weighted by molar-refractivity contribution is 6.29. The molecule has 66 valence electrons. The third-order valence-electron chi connectivity index (χ3n) is 1.43. The van der Waals surface area contributed by atoms with Crippen LogP contribution in [0, 0.1) is 0 Å². The molecule has 0 aliphatic rings. The average molecular weight is 189 g/mol. The zero-order valence-corrected chi connectivity index (χ0v) is 7.58. The third kappa shape index (κ3) is 1.76. The molecule has 0 saturated heterocycles. The highest BCUT2D eigenvalue weighted by Gasteiger charge is 2.19. The van der Waals surface area contributed by atoms with Crippen LogP contribution in [-0.4, -0.2) is 22.9 Å². The number of aromatic nitrogens is 2. The molecule has 5 heteroatoms. The highest BCUT2D eigenvalue weighted by atomic mass is 35.5. The summed E-state index contributed by atoms with van der Waals surface area (Å²) < 4.78 is 6.04. The molecular formula is C7H9ClN2O2. The number of methoxy groups -OCH3 is 1. The quantitative estimate of drug-likeness (QED) is 0.511. The van der Waals surface area contributed by atoms with E-state index in [0.717, 1.165) is 0 Å². The summed E-state index contributed by atoms with van der Waals surface area (Å²) in [7, 11) is 3.05. The molecule has 0 radical (unpaired) electrons. The van der Waals surface area contributed by atoms with Crippen LogP contribution in [0.15, 0.2) is 12.4 Å². The van der Waals surface area contributed by atoms with Crippen molar-refractivity contribution < 1.29 is 9.53 Å². The molecule has 0 saturated carbocycles. The van der Waals surface area contributed by atoms with Crippen molar-refractivity contribution in [2.24, 2.45) is 7.05 Å². The third-order valence-corrected chi connectivity index (χ3v) is 1.86. The number of nitrogens with zero attached hydrogens (tertiary/aromatic N) is 2. The molecule has 0 aromatic carbocycles. The van der Waals surface area contributed by atoms with E-state index in [1.807, 2.05) is 0 Å². The number of ether oxygens (including phenoxy) is 1. The summed E-state index contributed by atoms with van der Waals surface area (Å²) in [6.45, 7) is 0. The van der Waals surface area contributed by atoms with Gasteiger partial charge in [-0.2, -0.15) is 5.10 Å². The van der Waals surface area contributed by atoms with Crippen LogP contribution in [0.4, 0.5) is 0 Å². The van der Waals surface area contributed by atoms with E-state index in [0.29, 0.717) is 5.56 Å². The fraction of sp³-hybridized carbons (Fsp3) is 0.429. The van der Waals surface area contributed by atoms with Crippen molar-refractivity contribution in [1.82, 2.24) is 9.78 Å². The Bertz CT molecular complexity index is 285. The monoisotopic (exact) mass is 188 g/mol. The van der Waals surface area contributed by atoms with Crippen LogP contribution < -0.4 is 0 Å². The van der Waals surface area contributed by atoms with Gasteiger partial charge in [0.1, 0.15) is 0 Å². The Balaban J connectivity index is 2.77. The maximum Gasteiger partial charge on any atom is 0.328 e. The van der Waals surface area contributed by atoms with Crippen LogP contribution in [0.1, 0.15) is 10.9 Å². The molecule has 4 nitrogen and oxygen atoms in total. The summed E-state index contributed by atoms with van der Waals surface area (Å²) in [5.74, 6) is -0.468. The van der Waals surface area contributed by atoms with E-state index in [-0.39, 0.29) is 0 Å². The van der Waals surface area contributed by atoms with Crippen molar-refractivity contribution in [3.63, 3.8) is 0 Å². The lowest BCUT2D eigenvalue weighted by Gasteiger charge is -2.02. The first-order chi connectivity index (χ1) is 5.65. The molecule has 1 aromatic heterocycles. The summed E-state index contributed by atoms with van der Waals surface area (Å²) >= 11 is 5.74. The summed E-state index contributed by atoms with van der Waals surface area (Å²) in [6, 6.07) is 0. The number of hydrogen-bond acceptors (Lipinski definition) is 3. The van der Waals surface area contributed by atoms with E-state index in [1.54, 1.807) is 17.9 Å². The number of carbonyl (C=O) groups is 1. The van der Waals surface area contributed by atoms with Gasteiger partial charge in [-0.05, 0) is 0 Å². The largest absolute Gasteiger partial charge is 0.468 e. The van der Waals surface area contributed by atoms with E-state index >= 15 is 0 Å². The number of rotatable bonds is 2. The van der Waals surface area contributed by atoms with Gasteiger partial charge in [0.15, 0.2) is 5.38 Å². The lowest BCUT2D eigenvalue weighted by molar-refractivity contribution is -0.140. The number of aryl methyl sites for hydroxylation is 1. The van der Waals surface area contributed by atoms with Crippen molar-refractivity contribution in [3.8, 4) is 0 Å². The highest BCUT2D eigenvalue weighted by Crippen LogP contribution is 2.20. The Kier molecular flexibility index (Phi) is 2.70. The fourth-order valence-corrected chi connectivity index (χ4v) is 1.01. The van der Waals surface area contributed by atoms with E-state index in [2.05, 4.69) is 9.84 Å². The molecule has 0 fully saturated rings. The van der Waals surface area contributed by atoms with Crippen LogP contribution in [0.25, 0.3) is 0 Å². The Morgan fingerprint density at radius 2 is 2.50 bits per heavy atom. The normalized spacial score (nSPS) is 12.6.